The van der Waals surface area contributed by atoms with Gasteiger partial charge in [-0.25, -0.2) is 19.9 Å². The predicted octanol–water partition coefficient (Wildman–Crippen LogP) is -3.70. The molecular weight excluding hydrogens is 219 g/mol. The quantitative estimate of drug-likeness (QED) is 0.487. The number of carbonyl (C=O) groups is 1. The van der Waals surface area contributed by atoms with Crippen molar-refractivity contribution in [2.75, 3.05) is 0 Å². The normalized spacial score (nSPS) is 9.25. The van der Waals surface area contributed by atoms with Crippen LogP contribution < -0.4 is 34.7 Å². The summed E-state index contributed by atoms with van der Waals surface area (Å²) < 4.78 is 0. The van der Waals surface area contributed by atoms with Crippen molar-refractivity contribution < 1.29 is 39.5 Å². The Kier molecular flexibility index (Phi) is 4.48. The van der Waals surface area contributed by atoms with Gasteiger partial charge in [0.25, 0.3) is 0 Å². The van der Waals surface area contributed by atoms with Crippen molar-refractivity contribution in [1.82, 2.24) is 19.9 Å². The van der Waals surface area contributed by atoms with Gasteiger partial charge in [-0.3, -0.25) is 0 Å². The molecule has 74 valence electrons. The number of hydrogen-bond donors (Lipinski definition) is 0. The van der Waals surface area contributed by atoms with E-state index in [2.05, 4.69) is 19.9 Å². The zero-order valence-electron chi connectivity index (χ0n) is 8.49. The van der Waals surface area contributed by atoms with E-state index in [0.717, 1.165) is 0 Å². The van der Waals surface area contributed by atoms with E-state index < -0.39 is 5.97 Å². The van der Waals surface area contributed by atoms with Gasteiger partial charge in [0.15, 0.2) is 5.82 Å². The number of carboxylic acid groups (broad SMARTS) is 1. The molecule has 0 bridgehead atoms. The molecule has 2 heterocycles. The number of carbonyl (C=O) groups excluding carboxylic acids is 1. The fourth-order valence-corrected chi connectivity index (χ4v) is 0.989. The van der Waals surface area contributed by atoms with Gasteiger partial charge in [-0.05, 0) is 6.07 Å². The van der Waals surface area contributed by atoms with Gasteiger partial charge < -0.3 is 9.90 Å². The summed E-state index contributed by atoms with van der Waals surface area (Å²) in [5.41, 5.74) is 0.475. The first kappa shape index (κ1) is 12.7. The van der Waals surface area contributed by atoms with Crippen LogP contribution in [0, 0.1) is 0 Å². The molecule has 16 heavy (non-hydrogen) atoms. The molecule has 2 rings (SSSR count). The van der Waals surface area contributed by atoms with Crippen LogP contribution in [0.4, 0.5) is 0 Å². The van der Waals surface area contributed by atoms with Crippen molar-refractivity contribution in [3.63, 3.8) is 0 Å². The van der Waals surface area contributed by atoms with Gasteiger partial charge in [-0.1, -0.05) is 0 Å². The summed E-state index contributed by atoms with van der Waals surface area (Å²) in [6.45, 7) is 0. The largest absolute Gasteiger partial charge is 1.00 e. The number of aromatic carboxylic acids is 1. The second-order valence-corrected chi connectivity index (χ2v) is 2.68. The van der Waals surface area contributed by atoms with E-state index >= 15 is 0 Å². The molecule has 0 fully saturated rings. The van der Waals surface area contributed by atoms with Crippen LogP contribution in [-0.4, -0.2) is 25.9 Å². The van der Waals surface area contributed by atoms with Crippen molar-refractivity contribution in [3.05, 3.63) is 36.5 Å². The first-order valence-electron chi connectivity index (χ1n) is 4.07. The Hall–Kier alpha value is -1.37. The van der Waals surface area contributed by atoms with Crippen LogP contribution in [0.25, 0.3) is 11.5 Å². The SMILES string of the molecule is O=C([O-])c1cnc(-c2ccncn2)nc1.[Na+]. The second-order valence-electron chi connectivity index (χ2n) is 2.68. The minimum Gasteiger partial charge on any atom is -0.545 e. The molecule has 2 aromatic heterocycles. The molecule has 0 aromatic carbocycles. The Labute approximate surface area is 113 Å². The molecule has 0 saturated heterocycles. The van der Waals surface area contributed by atoms with Gasteiger partial charge in [0.05, 0.1) is 5.97 Å². The van der Waals surface area contributed by atoms with Crippen molar-refractivity contribution in [2.24, 2.45) is 0 Å². The Bertz CT molecular complexity index is 475. The molecular formula is C9H5N4NaO2. The van der Waals surface area contributed by atoms with E-state index in [1.165, 1.54) is 18.7 Å². The second kappa shape index (κ2) is 5.64. The molecule has 0 aliphatic carbocycles. The van der Waals surface area contributed by atoms with Crippen LogP contribution in [0.1, 0.15) is 10.4 Å². The number of rotatable bonds is 2. The maximum absolute atomic E-state index is 10.4. The third-order valence-electron chi connectivity index (χ3n) is 1.70. The number of hydrogen-bond acceptors (Lipinski definition) is 6. The standard InChI is InChI=1S/C9H6N4O2.Na/c14-9(15)6-3-11-8(12-4-6)7-1-2-10-5-13-7;/h1-5H,(H,14,15);/q;+1/p-1. The Balaban J connectivity index is 0.00000128. The Morgan fingerprint density at radius 2 is 1.88 bits per heavy atom. The summed E-state index contributed by atoms with van der Waals surface area (Å²) in [4.78, 5) is 25.8. The van der Waals surface area contributed by atoms with Crippen molar-refractivity contribution in [1.29, 1.82) is 0 Å². The van der Waals surface area contributed by atoms with Crippen LogP contribution in [-0.2, 0) is 0 Å². The van der Waals surface area contributed by atoms with Gasteiger partial charge in [-0.2, -0.15) is 0 Å². The molecule has 0 aliphatic heterocycles. The third kappa shape index (κ3) is 2.82. The smallest absolute Gasteiger partial charge is 0.545 e. The predicted molar refractivity (Wildman–Crippen MR) is 47.4 cm³/mol. The van der Waals surface area contributed by atoms with E-state index in [1.54, 1.807) is 12.3 Å². The van der Waals surface area contributed by atoms with Gasteiger partial charge >= 0.3 is 29.6 Å². The summed E-state index contributed by atoms with van der Waals surface area (Å²) in [5, 5.41) is 10.4. The number of nitrogens with zero attached hydrogens (tertiary/aromatic N) is 4. The molecule has 2 aromatic rings. The minimum atomic E-state index is -1.30. The summed E-state index contributed by atoms with van der Waals surface area (Å²) in [6.07, 6.45) is 5.28. The van der Waals surface area contributed by atoms with Crippen LogP contribution in [0.2, 0.25) is 0 Å². The fraction of sp³-hybridized carbons (Fsp3) is 0. The minimum absolute atomic E-state index is 0. The van der Waals surface area contributed by atoms with E-state index in [9.17, 15) is 9.90 Å². The Morgan fingerprint density at radius 3 is 2.38 bits per heavy atom. The summed E-state index contributed by atoms with van der Waals surface area (Å²) in [5.74, 6) is -0.952. The summed E-state index contributed by atoms with van der Waals surface area (Å²) >= 11 is 0. The molecule has 0 amide bonds. The number of aromatic nitrogens is 4. The molecule has 0 aliphatic rings. The molecule has 0 unspecified atom stereocenters. The average Bonchev–Trinajstić information content (AvgIpc) is 2.30. The zero-order valence-corrected chi connectivity index (χ0v) is 10.5. The van der Waals surface area contributed by atoms with Gasteiger partial charge in [0.1, 0.15) is 12.0 Å². The van der Waals surface area contributed by atoms with E-state index in [4.69, 9.17) is 0 Å². The van der Waals surface area contributed by atoms with Crippen LogP contribution in [0.5, 0.6) is 0 Å². The van der Waals surface area contributed by atoms with Crippen molar-refractivity contribution >= 4 is 5.97 Å². The summed E-state index contributed by atoms with van der Waals surface area (Å²) in [6, 6.07) is 1.63. The van der Waals surface area contributed by atoms with Crippen LogP contribution in [0.15, 0.2) is 31.0 Å². The fourth-order valence-electron chi connectivity index (χ4n) is 0.989. The molecule has 0 atom stereocenters. The maximum atomic E-state index is 10.4. The van der Waals surface area contributed by atoms with Crippen molar-refractivity contribution in [2.45, 2.75) is 0 Å². The summed E-state index contributed by atoms with van der Waals surface area (Å²) in [7, 11) is 0. The first-order chi connectivity index (χ1) is 7.27. The van der Waals surface area contributed by atoms with Gasteiger partial charge in [0.2, 0.25) is 0 Å². The average molecular weight is 224 g/mol. The zero-order chi connectivity index (χ0) is 10.7. The third-order valence-corrected chi connectivity index (χ3v) is 1.70. The van der Waals surface area contributed by atoms with Crippen LogP contribution >= 0.6 is 0 Å². The topological polar surface area (TPSA) is 91.7 Å². The van der Waals surface area contributed by atoms with E-state index in [-0.39, 0.29) is 35.1 Å². The molecule has 6 nitrogen and oxygen atoms in total. The molecule has 0 spiro atoms. The maximum Gasteiger partial charge on any atom is 1.00 e. The Morgan fingerprint density at radius 1 is 1.19 bits per heavy atom. The van der Waals surface area contributed by atoms with Crippen molar-refractivity contribution in [3.8, 4) is 11.5 Å². The monoisotopic (exact) mass is 224 g/mol. The van der Waals surface area contributed by atoms with E-state index in [0.29, 0.717) is 11.5 Å². The number of carboxylic acids is 1. The first-order valence-corrected chi connectivity index (χ1v) is 4.07. The van der Waals surface area contributed by atoms with Crippen LogP contribution in [0.3, 0.4) is 0 Å². The molecule has 0 saturated carbocycles. The van der Waals surface area contributed by atoms with E-state index in [1.807, 2.05) is 0 Å². The molecule has 7 heteroatoms. The molecule has 0 N–H and O–H groups in total. The van der Waals surface area contributed by atoms with Gasteiger partial charge in [0, 0.05) is 24.2 Å². The van der Waals surface area contributed by atoms with Gasteiger partial charge in [-0.15, -0.1) is 0 Å². The molecule has 0 radical (unpaired) electrons.